The van der Waals surface area contributed by atoms with Gasteiger partial charge in [0, 0.05) is 33.4 Å². The number of para-hydroxylation sites is 2. The number of aromatic nitrogens is 1. The van der Waals surface area contributed by atoms with Crippen molar-refractivity contribution in [3.63, 3.8) is 0 Å². The summed E-state index contributed by atoms with van der Waals surface area (Å²) in [6.07, 6.45) is 0.884. The van der Waals surface area contributed by atoms with Crippen molar-refractivity contribution >= 4 is 33.4 Å². The van der Waals surface area contributed by atoms with Crippen LogP contribution in [0.25, 0.3) is 49.7 Å². The Hall–Kier alpha value is -7.88. The zero-order valence-electron chi connectivity index (χ0n) is 38.0. The van der Waals surface area contributed by atoms with E-state index in [9.17, 15) is 0 Å². The molecule has 2 aliphatic carbocycles. The molecule has 0 radical (unpaired) electrons. The smallest absolute Gasteiger partial charge is 0.155 e. The van der Waals surface area contributed by atoms with Crippen LogP contribution in [-0.4, -0.2) is 16.1 Å². The second-order valence-electron chi connectivity index (χ2n) is 19.1. The molecule has 2 atom stereocenters. The molecule has 3 aliphatic rings. The Balaban J connectivity index is 1.02. The van der Waals surface area contributed by atoms with Crippen LogP contribution in [0.5, 0.6) is 0 Å². The molecule has 0 fully saturated rings. The number of hydrogen-bond donors (Lipinski definition) is 0. The average Bonchev–Trinajstić information content (AvgIpc) is 3.88. The summed E-state index contributed by atoms with van der Waals surface area (Å²) in [6, 6.07) is 80.6. The summed E-state index contributed by atoms with van der Waals surface area (Å²) < 4.78 is 2.38. The van der Waals surface area contributed by atoms with E-state index in [4.69, 9.17) is 9.98 Å². The summed E-state index contributed by atoms with van der Waals surface area (Å²) in [4.78, 5) is 11.4. The highest BCUT2D eigenvalue weighted by Gasteiger charge is 2.53. The molecule has 1 unspecified atom stereocenters. The zero-order valence-corrected chi connectivity index (χ0v) is 38.0. The molecule has 2 heterocycles. The lowest BCUT2D eigenvalue weighted by atomic mass is 9.55. The van der Waals surface area contributed by atoms with Gasteiger partial charge in [0.1, 0.15) is 0 Å². The highest BCUT2D eigenvalue weighted by Crippen LogP contribution is 2.62. The highest BCUT2D eigenvalue weighted by molar-refractivity contribution is 6.17. The van der Waals surface area contributed by atoms with E-state index in [0.29, 0.717) is 0 Å². The molecule has 9 aromatic carbocycles. The molecule has 3 nitrogen and oxygen atoms in total. The Morgan fingerprint density at radius 2 is 1.00 bits per heavy atom. The first-order valence-electron chi connectivity index (χ1n) is 23.8. The number of hydrogen-bond acceptors (Lipinski definition) is 2. The Morgan fingerprint density at radius 3 is 1.72 bits per heavy atom. The number of benzene rings is 9. The van der Waals surface area contributed by atoms with E-state index in [1.54, 1.807) is 0 Å². The molecule has 10 aromatic rings. The lowest BCUT2D eigenvalue weighted by Crippen LogP contribution is -2.40. The van der Waals surface area contributed by atoms with E-state index in [1.165, 1.54) is 77.5 Å². The van der Waals surface area contributed by atoms with Gasteiger partial charge in [-0.1, -0.05) is 209 Å². The van der Waals surface area contributed by atoms with Crippen molar-refractivity contribution in [3.05, 3.63) is 268 Å². The predicted molar refractivity (Wildman–Crippen MR) is 278 cm³/mol. The molecule has 13 rings (SSSR count). The van der Waals surface area contributed by atoms with Crippen molar-refractivity contribution in [3.8, 4) is 27.9 Å². The van der Waals surface area contributed by atoms with Gasteiger partial charge in [-0.05, 0) is 104 Å². The van der Waals surface area contributed by atoms with Crippen LogP contribution in [-0.2, 0) is 10.8 Å². The molecular weight excluding hydrogens is 811 g/mol. The number of rotatable bonds is 6. The molecule has 320 valence electrons. The van der Waals surface area contributed by atoms with Gasteiger partial charge in [0.05, 0.1) is 28.2 Å². The van der Waals surface area contributed by atoms with Gasteiger partial charge in [0.15, 0.2) is 5.84 Å². The van der Waals surface area contributed by atoms with Crippen LogP contribution < -0.4 is 0 Å². The lowest BCUT2D eigenvalue weighted by molar-refractivity contribution is 0.532. The minimum atomic E-state index is -0.446. The summed E-state index contributed by atoms with van der Waals surface area (Å²) in [7, 11) is 0. The summed E-state index contributed by atoms with van der Waals surface area (Å²) in [5.74, 6) is 0.810. The molecule has 67 heavy (non-hydrogen) atoms. The van der Waals surface area contributed by atoms with Crippen molar-refractivity contribution in [1.29, 1.82) is 0 Å². The van der Waals surface area contributed by atoms with E-state index in [2.05, 4.69) is 244 Å². The second kappa shape index (κ2) is 15.1. The van der Waals surface area contributed by atoms with E-state index in [1.807, 2.05) is 0 Å². The molecule has 1 aliphatic heterocycles. The van der Waals surface area contributed by atoms with Crippen LogP contribution in [0.4, 0.5) is 0 Å². The summed E-state index contributed by atoms with van der Waals surface area (Å²) in [5, 5.41) is 2.44. The monoisotopic (exact) mass is 859 g/mol. The average molecular weight is 860 g/mol. The number of fused-ring (bicyclic) bond motifs is 12. The predicted octanol–water partition coefficient (Wildman–Crippen LogP) is 15.5. The Labute approximate surface area is 392 Å². The topological polar surface area (TPSA) is 29.6 Å². The summed E-state index contributed by atoms with van der Waals surface area (Å²) in [6.45, 7) is 7.07. The Morgan fingerprint density at radius 1 is 0.448 bits per heavy atom. The summed E-state index contributed by atoms with van der Waals surface area (Å²) in [5.41, 5.74) is 20.5. The summed E-state index contributed by atoms with van der Waals surface area (Å²) >= 11 is 0. The fraction of sp³-hybridized carbons (Fsp3) is 0.125. The quantitative estimate of drug-likeness (QED) is 0.159. The number of nitrogens with zero attached hydrogens (tertiary/aromatic N) is 3. The number of amidine groups is 1. The van der Waals surface area contributed by atoms with Crippen molar-refractivity contribution < 1.29 is 0 Å². The van der Waals surface area contributed by atoms with Crippen molar-refractivity contribution in [2.75, 3.05) is 0 Å². The maximum atomic E-state index is 5.77. The first kappa shape index (κ1) is 39.5. The van der Waals surface area contributed by atoms with Gasteiger partial charge in [-0.3, -0.25) is 4.99 Å². The van der Waals surface area contributed by atoms with E-state index >= 15 is 0 Å². The van der Waals surface area contributed by atoms with Crippen LogP contribution >= 0.6 is 0 Å². The minimum Gasteiger partial charge on any atom is -0.309 e. The van der Waals surface area contributed by atoms with Gasteiger partial charge in [-0.25, -0.2) is 4.99 Å². The molecular formula is C64H49N3. The van der Waals surface area contributed by atoms with Crippen LogP contribution in [0.2, 0.25) is 0 Å². The van der Waals surface area contributed by atoms with E-state index < -0.39 is 5.41 Å². The second-order valence-corrected chi connectivity index (χ2v) is 19.1. The molecule has 0 saturated carbocycles. The molecule has 0 saturated heterocycles. The minimum absolute atomic E-state index is 0.0476. The van der Waals surface area contributed by atoms with Gasteiger partial charge in [0.2, 0.25) is 0 Å². The maximum Gasteiger partial charge on any atom is 0.155 e. The van der Waals surface area contributed by atoms with Crippen molar-refractivity contribution in [1.82, 2.24) is 4.57 Å². The van der Waals surface area contributed by atoms with Crippen molar-refractivity contribution in [2.24, 2.45) is 15.9 Å². The third kappa shape index (κ3) is 5.77. The first-order valence-corrected chi connectivity index (χ1v) is 23.8. The molecule has 1 aromatic heterocycles. The van der Waals surface area contributed by atoms with E-state index in [-0.39, 0.29) is 17.4 Å². The van der Waals surface area contributed by atoms with Crippen LogP contribution in [0.15, 0.2) is 228 Å². The normalized spacial score (nSPS) is 17.4. The molecule has 3 heteroatoms. The Bertz CT molecular complexity index is 3600. The fourth-order valence-corrected chi connectivity index (χ4v) is 12.2. The van der Waals surface area contributed by atoms with Crippen LogP contribution in [0.3, 0.4) is 0 Å². The van der Waals surface area contributed by atoms with Gasteiger partial charge in [-0.15, -0.1) is 0 Å². The van der Waals surface area contributed by atoms with Gasteiger partial charge in [-0.2, -0.15) is 0 Å². The van der Waals surface area contributed by atoms with Crippen LogP contribution in [0.1, 0.15) is 83.3 Å². The van der Waals surface area contributed by atoms with Crippen molar-refractivity contribution in [2.45, 2.75) is 44.1 Å². The standard InChI is InChI=1S/C64H49N3/c1-4-47-60(43-33-31-42(32-34-43)41-19-7-5-8-20-41)65-62(45-35-37-50-49-24-12-18-30-58(49)67(59(50)40-45)46-21-9-6-10-22-46)66-61(47)44-36-38-53-51(39-44)48-23-11-13-25-52(48)64(53)56-28-16-14-26-54(56)63(2,3)55-27-15-17-29-57(55)64/h5-40,47,61H,4H2,1-3H3/t47-,61?/m1/s1. The lowest BCUT2D eigenvalue weighted by Gasteiger charge is -2.46. The fourth-order valence-electron chi connectivity index (χ4n) is 12.2. The largest absolute Gasteiger partial charge is 0.309 e. The third-order valence-corrected chi connectivity index (χ3v) is 15.3. The third-order valence-electron chi connectivity index (χ3n) is 15.3. The van der Waals surface area contributed by atoms with E-state index in [0.717, 1.165) is 40.3 Å². The number of aliphatic imine (C=N–C) groups is 2. The molecule has 0 N–H and O–H groups in total. The molecule has 1 spiro atoms. The van der Waals surface area contributed by atoms with Gasteiger partial charge >= 0.3 is 0 Å². The molecule has 0 amide bonds. The highest BCUT2D eigenvalue weighted by atomic mass is 15.0. The van der Waals surface area contributed by atoms with Gasteiger partial charge < -0.3 is 4.57 Å². The first-order chi connectivity index (χ1) is 32.9. The van der Waals surface area contributed by atoms with Crippen LogP contribution in [0, 0.1) is 5.92 Å². The zero-order chi connectivity index (χ0) is 44.9. The molecule has 0 bridgehead atoms. The Kier molecular flexibility index (Phi) is 8.89. The maximum absolute atomic E-state index is 5.77. The SMILES string of the molecule is CC[C@@H]1C(c2ccc(-c3ccccc3)cc2)=NC(c2ccc3c4ccccc4n(-c4ccccc4)c3c2)=NC1c1ccc2c(c1)-c1ccccc1C21c2ccccc2C(C)(C)c2ccccc21. The van der Waals surface area contributed by atoms with Gasteiger partial charge in [0.25, 0.3) is 0 Å².